The minimum Gasteiger partial charge on any atom is -0.485 e. The summed E-state index contributed by atoms with van der Waals surface area (Å²) in [6, 6.07) is 21.8. The van der Waals surface area contributed by atoms with E-state index < -0.39 is 48.3 Å². The number of amides is 1. The number of hydrogen-bond acceptors (Lipinski definition) is 10. The summed E-state index contributed by atoms with van der Waals surface area (Å²) in [7, 11) is -1.80. The van der Waals surface area contributed by atoms with Gasteiger partial charge in [0.15, 0.2) is 23.0 Å². The van der Waals surface area contributed by atoms with Crippen molar-refractivity contribution in [3.8, 4) is 22.8 Å². The Hall–Kier alpha value is -6.32. The Kier molecular flexibility index (Phi) is 8.49. The molecule has 0 spiro atoms. The Balaban J connectivity index is 1.11. The monoisotopic (exact) mass is 702 g/mol. The number of hydrogen-bond donors (Lipinski definition) is 4. The fraction of sp³-hybridized carbons (Fsp3) is 0.135. The molecule has 15 heteroatoms. The lowest BCUT2D eigenvalue weighted by Gasteiger charge is -2.20. The van der Waals surface area contributed by atoms with Crippen molar-refractivity contribution >= 4 is 35.6 Å². The second-order valence-corrected chi connectivity index (χ2v) is 12.2. The van der Waals surface area contributed by atoms with E-state index in [1.165, 1.54) is 24.7 Å². The van der Waals surface area contributed by atoms with Crippen LogP contribution < -0.4 is 21.4 Å². The minimum atomic E-state index is -1.80. The van der Waals surface area contributed by atoms with Crippen molar-refractivity contribution in [2.75, 3.05) is 5.73 Å². The molecule has 1 atom stereocenters. The van der Waals surface area contributed by atoms with Crippen LogP contribution in [0.15, 0.2) is 97.6 Å². The van der Waals surface area contributed by atoms with Crippen LogP contribution >= 0.6 is 0 Å². The van der Waals surface area contributed by atoms with Gasteiger partial charge in [-0.1, -0.05) is 36.4 Å². The predicted octanol–water partition coefficient (Wildman–Crippen LogP) is 4.54. The number of nitrogens with one attached hydrogen (secondary N) is 1. The lowest BCUT2D eigenvalue weighted by molar-refractivity contribution is -0.0271. The highest BCUT2D eigenvalue weighted by atomic mass is 19.2. The molecule has 8 rings (SSSR count). The molecular formula is C37H29BF2N6O6. The highest BCUT2D eigenvalue weighted by Crippen LogP contribution is 2.39. The molecule has 0 saturated carbocycles. The summed E-state index contributed by atoms with van der Waals surface area (Å²) in [4.78, 5) is 27.1. The van der Waals surface area contributed by atoms with Crippen LogP contribution in [0.1, 0.15) is 51.4 Å². The maximum Gasteiger partial charge on any atom is 0.508 e. The number of fused-ring (bicyclic) bond motifs is 2. The second-order valence-electron chi connectivity index (χ2n) is 12.2. The Bertz CT molecular complexity index is 2370. The van der Waals surface area contributed by atoms with Crippen LogP contribution in [-0.4, -0.2) is 42.6 Å². The summed E-state index contributed by atoms with van der Waals surface area (Å²) >= 11 is 0. The molecule has 5 N–H and O–H groups in total. The maximum atomic E-state index is 15.7. The van der Waals surface area contributed by atoms with Crippen LogP contribution in [-0.2, 0) is 22.5 Å². The first-order chi connectivity index (χ1) is 25.3. The van der Waals surface area contributed by atoms with E-state index in [0.717, 1.165) is 16.7 Å². The highest BCUT2D eigenvalue weighted by molar-refractivity contribution is 6.57. The third kappa shape index (κ3) is 5.95. The molecule has 0 radical (unpaired) electrons. The first kappa shape index (κ1) is 32.9. The Morgan fingerprint density at radius 1 is 0.981 bits per heavy atom. The topological polar surface area (TPSA) is 167 Å². The van der Waals surface area contributed by atoms with Crippen LogP contribution in [0, 0.1) is 11.6 Å². The quantitative estimate of drug-likeness (QED) is 0.157. The molecule has 1 amide bonds. The molecule has 1 aliphatic heterocycles. The minimum absolute atomic E-state index is 0.0181. The molecule has 2 aliphatic rings. The largest absolute Gasteiger partial charge is 0.508 e. The number of carbonyl (C=O) groups excluding carboxylic acids is 1. The second kappa shape index (κ2) is 13.4. The van der Waals surface area contributed by atoms with Crippen molar-refractivity contribution in [3.05, 3.63) is 137 Å². The summed E-state index contributed by atoms with van der Waals surface area (Å²) in [5.74, 6) is -3.25. The van der Waals surface area contributed by atoms with Gasteiger partial charge in [0.1, 0.15) is 30.5 Å². The smallest absolute Gasteiger partial charge is 0.485 e. The van der Waals surface area contributed by atoms with Gasteiger partial charge in [-0.15, -0.1) is 0 Å². The van der Waals surface area contributed by atoms with E-state index in [1.807, 2.05) is 24.3 Å². The molecule has 12 nitrogen and oxygen atoms in total. The molecule has 0 bridgehead atoms. The van der Waals surface area contributed by atoms with Gasteiger partial charge in [-0.05, 0) is 72.0 Å². The molecule has 0 saturated heterocycles. The van der Waals surface area contributed by atoms with E-state index in [-0.39, 0.29) is 23.6 Å². The number of anilines is 1. The lowest BCUT2D eigenvalue weighted by atomic mass is 9.86. The van der Waals surface area contributed by atoms with Crippen LogP contribution in [0.5, 0.6) is 5.75 Å². The van der Waals surface area contributed by atoms with Gasteiger partial charge in [0.2, 0.25) is 5.82 Å². The molecule has 1 aliphatic carbocycles. The molecule has 52 heavy (non-hydrogen) atoms. The number of benzene rings is 3. The molecule has 3 aromatic carbocycles. The summed E-state index contributed by atoms with van der Waals surface area (Å²) in [5.41, 5.74) is 10.2. The number of nitrogens with zero attached hydrogens (tertiary/aromatic N) is 4. The number of pyridine rings is 2. The number of aromatic nitrogens is 4. The molecule has 260 valence electrons. The predicted molar refractivity (Wildman–Crippen MR) is 186 cm³/mol. The SMILES string of the molecule is Nc1ncccc1-c1nc2ccc(B(O)O)nc2n1-c1ccc2c(c1)CC[C@@H]2NC(=O)c1cc(C2OC=CO2)c(OCc2ccccc2)c(F)c1F. The summed E-state index contributed by atoms with van der Waals surface area (Å²) in [6.07, 6.45) is 4.01. The van der Waals surface area contributed by atoms with E-state index >= 15 is 8.78 Å². The van der Waals surface area contributed by atoms with E-state index in [0.29, 0.717) is 41.1 Å². The van der Waals surface area contributed by atoms with Gasteiger partial charge >= 0.3 is 7.12 Å². The van der Waals surface area contributed by atoms with Crippen LogP contribution in [0.3, 0.4) is 0 Å². The number of imidazole rings is 1. The van der Waals surface area contributed by atoms with E-state index in [9.17, 15) is 14.8 Å². The van der Waals surface area contributed by atoms with Gasteiger partial charge in [0.05, 0.1) is 28.3 Å². The number of nitrogens with two attached hydrogens (primary N) is 1. The molecule has 4 heterocycles. The van der Waals surface area contributed by atoms with Gasteiger partial charge in [-0.3, -0.25) is 9.36 Å². The number of carbonyl (C=O) groups is 1. The Morgan fingerprint density at radius 3 is 2.56 bits per heavy atom. The molecular weight excluding hydrogens is 673 g/mol. The van der Waals surface area contributed by atoms with Gasteiger partial charge in [0, 0.05) is 11.9 Å². The molecule has 3 aromatic heterocycles. The van der Waals surface area contributed by atoms with Crippen molar-refractivity contribution in [1.82, 2.24) is 24.8 Å². The van der Waals surface area contributed by atoms with Gasteiger partial charge in [-0.25, -0.2) is 19.3 Å². The van der Waals surface area contributed by atoms with Crippen LogP contribution in [0.2, 0.25) is 0 Å². The van der Waals surface area contributed by atoms with Gasteiger partial charge < -0.3 is 35.3 Å². The fourth-order valence-corrected chi connectivity index (χ4v) is 6.51. The Labute approximate surface area is 295 Å². The fourth-order valence-electron chi connectivity index (χ4n) is 6.51. The molecule has 0 fully saturated rings. The maximum absolute atomic E-state index is 15.7. The summed E-state index contributed by atoms with van der Waals surface area (Å²) < 4.78 is 49.6. The third-order valence-corrected chi connectivity index (χ3v) is 9.01. The van der Waals surface area contributed by atoms with Crippen molar-refractivity contribution < 1.29 is 37.8 Å². The van der Waals surface area contributed by atoms with Crippen molar-refractivity contribution in [2.45, 2.75) is 31.8 Å². The number of nitrogen functional groups attached to an aromatic ring is 1. The first-order valence-corrected chi connectivity index (χ1v) is 16.3. The van der Waals surface area contributed by atoms with E-state index in [2.05, 4.69) is 15.3 Å². The zero-order valence-corrected chi connectivity index (χ0v) is 27.2. The van der Waals surface area contributed by atoms with Crippen molar-refractivity contribution in [3.63, 3.8) is 0 Å². The average Bonchev–Trinajstić information content (AvgIpc) is 3.92. The van der Waals surface area contributed by atoms with Crippen LogP contribution in [0.4, 0.5) is 14.6 Å². The third-order valence-electron chi connectivity index (χ3n) is 9.01. The summed E-state index contributed by atoms with van der Waals surface area (Å²) in [6.45, 7) is -0.0522. The van der Waals surface area contributed by atoms with Gasteiger partial charge in [-0.2, -0.15) is 4.39 Å². The first-order valence-electron chi connectivity index (χ1n) is 16.3. The standard InChI is InChI=1S/C37H29BF2N6O6/c39-30-25(18-26(37-50-15-16-51-37)32(31(30)40)52-19-20-5-2-1-3-6-20)36(47)44-27-11-8-21-17-22(9-10-23(21)27)46-34(24-7-4-14-42-33(24)41)43-28-12-13-29(38(48)49)45-35(28)46/h1-7,9-10,12-18,27,37,48-49H,8,11,19H2,(H2,41,42)(H,44,47)/t27-/m0/s1. The van der Waals surface area contributed by atoms with Crippen molar-refractivity contribution in [2.24, 2.45) is 0 Å². The molecule has 6 aromatic rings. The lowest BCUT2D eigenvalue weighted by Crippen LogP contribution is -2.32. The number of halogens is 2. The number of rotatable bonds is 9. The Morgan fingerprint density at radius 2 is 1.79 bits per heavy atom. The van der Waals surface area contributed by atoms with Crippen LogP contribution in [0.25, 0.3) is 28.2 Å². The van der Waals surface area contributed by atoms with E-state index in [1.54, 1.807) is 53.2 Å². The molecule has 0 unspecified atom stereocenters. The average molecular weight is 702 g/mol. The van der Waals surface area contributed by atoms with Gasteiger partial charge in [0.25, 0.3) is 12.2 Å². The van der Waals surface area contributed by atoms with E-state index in [4.69, 9.17) is 24.9 Å². The normalized spacial score (nSPS) is 15.0. The zero-order chi connectivity index (χ0) is 35.9. The highest BCUT2D eigenvalue weighted by Gasteiger charge is 2.32. The number of aryl methyl sites for hydroxylation is 1. The zero-order valence-electron chi connectivity index (χ0n) is 27.2. The summed E-state index contributed by atoms with van der Waals surface area (Å²) in [5, 5.41) is 22.5. The number of ether oxygens (including phenoxy) is 3. The van der Waals surface area contributed by atoms with Crippen molar-refractivity contribution in [1.29, 1.82) is 0 Å².